The van der Waals surface area contributed by atoms with Gasteiger partial charge in [-0.1, -0.05) is 18.2 Å². The fraction of sp³-hybridized carbons (Fsp3) is 0.304. The van der Waals surface area contributed by atoms with Crippen molar-refractivity contribution in [3.05, 3.63) is 59.8 Å². The van der Waals surface area contributed by atoms with Crippen LogP contribution in [0, 0.1) is 6.92 Å². The first-order valence-electron chi connectivity index (χ1n) is 11.1. The van der Waals surface area contributed by atoms with Gasteiger partial charge < -0.3 is 0 Å². The predicted molar refractivity (Wildman–Crippen MR) is 128 cm³/mol. The van der Waals surface area contributed by atoms with Gasteiger partial charge in [-0.3, -0.25) is 0 Å². The Morgan fingerprint density at radius 1 is 1.17 bits per heavy atom. The van der Waals surface area contributed by atoms with Crippen LogP contribution < -0.4 is 0 Å². The lowest BCUT2D eigenvalue weighted by atomic mass is 9.99. The van der Waals surface area contributed by atoms with Crippen molar-refractivity contribution in [2.75, 3.05) is 13.1 Å². The van der Waals surface area contributed by atoms with Gasteiger partial charge in [0.15, 0.2) is 11.5 Å². The summed E-state index contributed by atoms with van der Waals surface area (Å²) in [4.78, 5) is 14.2. The Morgan fingerprint density at radius 2 is 1.97 bits per heavy atom. The fourth-order valence-electron chi connectivity index (χ4n) is 4.65. The number of halogens is 2. The van der Waals surface area contributed by atoms with Crippen molar-refractivity contribution in [2.24, 2.45) is 0 Å². The lowest BCUT2D eigenvalue weighted by molar-refractivity contribution is 0.146. The molecule has 1 aliphatic heterocycles. The Balaban J connectivity index is 1.40. The number of fused-ring (bicyclic) bond motifs is 5. The van der Waals surface area contributed by atoms with Gasteiger partial charge in [-0.2, -0.15) is 4.31 Å². The molecule has 1 fully saturated rings. The van der Waals surface area contributed by atoms with E-state index in [-0.39, 0.29) is 23.1 Å². The molecule has 0 amide bonds. The zero-order valence-corrected chi connectivity index (χ0v) is 20.2. The van der Waals surface area contributed by atoms with Crippen LogP contribution in [0.1, 0.15) is 42.3 Å². The number of sulfonamides is 1. The Labute approximate surface area is 203 Å². The molecule has 0 spiro atoms. The topological polar surface area (TPSA) is 93.4 Å². The summed E-state index contributed by atoms with van der Waals surface area (Å²) in [6.07, 6.45) is 0.362. The maximum absolute atomic E-state index is 13.3. The van der Waals surface area contributed by atoms with Gasteiger partial charge in [0.25, 0.3) is 6.43 Å². The van der Waals surface area contributed by atoms with Crippen molar-refractivity contribution in [1.82, 2.24) is 28.9 Å². The number of piperidine rings is 1. The van der Waals surface area contributed by atoms with E-state index in [2.05, 4.69) is 15.1 Å². The average molecular weight is 515 g/mol. The molecule has 8 nitrogen and oxygen atoms in total. The van der Waals surface area contributed by atoms with E-state index in [0.717, 1.165) is 11.8 Å². The van der Waals surface area contributed by atoms with E-state index in [4.69, 9.17) is 4.98 Å². The standard InChI is InChI=1S/C23H20F2N6O2S2/c1-13-10-16(20(24)25)27-23-17(13)18-19(34-23)22-28-21(29-31(22)12-26-18)14-6-5-9-30(11-14)35(32,33)15-7-3-2-4-8-15/h2-4,7-8,10,12,14,20H,5-6,9,11H2,1H3/t14-/m0/s1. The van der Waals surface area contributed by atoms with Crippen LogP contribution in [0.15, 0.2) is 47.6 Å². The largest absolute Gasteiger partial charge is 0.280 e. The summed E-state index contributed by atoms with van der Waals surface area (Å²) >= 11 is 1.26. The molecule has 180 valence electrons. The summed E-state index contributed by atoms with van der Waals surface area (Å²) in [5, 5.41) is 5.34. The molecule has 4 aromatic heterocycles. The van der Waals surface area contributed by atoms with Crippen LogP contribution in [0.5, 0.6) is 0 Å². The summed E-state index contributed by atoms with van der Waals surface area (Å²) in [7, 11) is -3.61. The third-order valence-electron chi connectivity index (χ3n) is 6.35. The number of aryl methyl sites for hydroxylation is 1. The Morgan fingerprint density at radius 3 is 2.74 bits per heavy atom. The summed E-state index contributed by atoms with van der Waals surface area (Å²) < 4.78 is 56.6. The minimum absolute atomic E-state index is 0.170. The molecule has 12 heteroatoms. The van der Waals surface area contributed by atoms with E-state index in [1.807, 2.05) is 0 Å². The number of pyridine rings is 1. The normalized spacial score (nSPS) is 17.8. The third kappa shape index (κ3) is 3.67. The quantitative estimate of drug-likeness (QED) is 0.345. The molecule has 0 saturated carbocycles. The van der Waals surface area contributed by atoms with Crippen LogP contribution >= 0.6 is 11.3 Å². The molecule has 6 rings (SSSR count). The van der Waals surface area contributed by atoms with Crippen molar-refractivity contribution >= 4 is 47.4 Å². The second-order valence-electron chi connectivity index (χ2n) is 8.62. The van der Waals surface area contributed by atoms with E-state index < -0.39 is 16.4 Å². The number of nitrogens with zero attached hydrogens (tertiary/aromatic N) is 6. The molecule has 1 aromatic carbocycles. The van der Waals surface area contributed by atoms with Gasteiger partial charge in [-0.15, -0.1) is 16.4 Å². The Kier molecular flexibility index (Phi) is 5.27. The lowest BCUT2D eigenvalue weighted by Crippen LogP contribution is -2.39. The second kappa shape index (κ2) is 8.25. The molecule has 5 heterocycles. The number of alkyl halides is 2. The third-order valence-corrected chi connectivity index (χ3v) is 9.30. The van der Waals surface area contributed by atoms with E-state index in [1.54, 1.807) is 48.1 Å². The number of thiophene rings is 1. The zero-order chi connectivity index (χ0) is 24.3. The van der Waals surface area contributed by atoms with Crippen LogP contribution in [0.3, 0.4) is 0 Å². The van der Waals surface area contributed by atoms with E-state index in [0.29, 0.717) is 45.0 Å². The smallest absolute Gasteiger partial charge is 0.236 e. The molecule has 1 atom stereocenters. The van der Waals surface area contributed by atoms with Crippen LogP contribution in [-0.4, -0.2) is 50.4 Å². The summed E-state index contributed by atoms with van der Waals surface area (Å²) in [6.45, 7) is 2.50. The lowest BCUT2D eigenvalue weighted by Gasteiger charge is -2.30. The van der Waals surface area contributed by atoms with Crippen molar-refractivity contribution in [1.29, 1.82) is 0 Å². The van der Waals surface area contributed by atoms with Gasteiger partial charge in [-0.25, -0.2) is 36.7 Å². The summed E-state index contributed by atoms with van der Waals surface area (Å²) in [5.74, 6) is 0.375. The van der Waals surface area contributed by atoms with Crippen molar-refractivity contribution in [2.45, 2.75) is 37.0 Å². The highest BCUT2D eigenvalue weighted by molar-refractivity contribution is 7.89. The first-order valence-corrected chi connectivity index (χ1v) is 13.4. The van der Waals surface area contributed by atoms with Gasteiger partial charge in [0.2, 0.25) is 10.0 Å². The zero-order valence-electron chi connectivity index (χ0n) is 18.6. The molecule has 1 aliphatic rings. The molecule has 0 aliphatic carbocycles. The molecule has 5 aromatic rings. The maximum atomic E-state index is 13.3. The van der Waals surface area contributed by atoms with Gasteiger partial charge in [0.05, 0.1) is 10.4 Å². The number of hydrogen-bond donors (Lipinski definition) is 0. The van der Waals surface area contributed by atoms with Crippen LogP contribution in [0.2, 0.25) is 0 Å². The molecule has 0 bridgehead atoms. The molecular formula is C23H20F2N6O2S2. The first-order chi connectivity index (χ1) is 16.8. The monoisotopic (exact) mass is 514 g/mol. The van der Waals surface area contributed by atoms with Crippen molar-refractivity contribution in [3.63, 3.8) is 0 Å². The van der Waals surface area contributed by atoms with Crippen LogP contribution in [0.25, 0.3) is 26.1 Å². The maximum Gasteiger partial charge on any atom is 0.280 e. The first kappa shape index (κ1) is 22.4. The number of benzene rings is 1. The minimum atomic E-state index is -3.61. The highest BCUT2D eigenvalue weighted by atomic mass is 32.2. The molecule has 0 radical (unpaired) electrons. The van der Waals surface area contributed by atoms with Crippen LogP contribution in [0.4, 0.5) is 8.78 Å². The number of hydrogen-bond acceptors (Lipinski definition) is 7. The predicted octanol–water partition coefficient (Wildman–Crippen LogP) is 4.70. The van der Waals surface area contributed by atoms with E-state index in [1.165, 1.54) is 21.7 Å². The Hall–Kier alpha value is -3.09. The van der Waals surface area contributed by atoms with Crippen molar-refractivity contribution < 1.29 is 17.2 Å². The number of aromatic nitrogens is 5. The highest BCUT2D eigenvalue weighted by Gasteiger charge is 2.33. The Bertz CT molecular complexity index is 1680. The molecule has 1 saturated heterocycles. The molecule has 35 heavy (non-hydrogen) atoms. The summed E-state index contributed by atoms with van der Waals surface area (Å²) in [5.41, 5.74) is 1.64. The SMILES string of the molecule is Cc1cc(C(F)F)nc2sc3c(ncn4nc([C@H]5CCCN(S(=O)(=O)c6ccccc6)C5)nc34)c12. The van der Waals surface area contributed by atoms with Gasteiger partial charge in [0.1, 0.15) is 21.6 Å². The van der Waals surface area contributed by atoms with Crippen molar-refractivity contribution in [3.8, 4) is 0 Å². The summed E-state index contributed by atoms with van der Waals surface area (Å²) in [6, 6.07) is 9.80. The molecule has 0 N–H and O–H groups in total. The van der Waals surface area contributed by atoms with E-state index >= 15 is 0 Å². The second-order valence-corrected chi connectivity index (χ2v) is 11.6. The average Bonchev–Trinajstić information content (AvgIpc) is 3.46. The number of rotatable bonds is 4. The molecular weight excluding hydrogens is 494 g/mol. The van der Waals surface area contributed by atoms with Crippen LogP contribution in [-0.2, 0) is 10.0 Å². The minimum Gasteiger partial charge on any atom is -0.236 e. The van der Waals surface area contributed by atoms with E-state index in [9.17, 15) is 17.2 Å². The van der Waals surface area contributed by atoms with Gasteiger partial charge >= 0.3 is 0 Å². The molecule has 0 unspecified atom stereocenters. The van der Waals surface area contributed by atoms with Gasteiger partial charge in [-0.05, 0) is 43.5 Å². The fourth-order valence-corrected chi connectivity index (χ4v) is 7.38. The highest BCUT2D eigenvalue weighted by Crippen LogP contribution is 2.37. The van der Waals surface area contributed by atoms with Gasteiger partial charge in [0, 0.05) is 24.4 Å².